The molecule has 0 bridgehead atoms. The Labute approximate surface area is 113 Å². The summed E-state index contributed by atoms with van der Waals surface area (Å²) >= 11 is 3.34. The van der Waals surface area contributed by atoms with E-state index in [1.54, 1.807) is 0 Å². The van der Waals surface area contributed by atoms with Crippen LogP contribution in [0, 0.1) is 0 Å². The van der Waals surface area contributed by atoms with Crippen molar-refractivity contribution < 1.29 is 14.7 Å². The minimum Gasteiger partial charge on any atom is -0.480 e. The number of rotatable bonds is 3. The van der Waals surface area contributed by atoms with E-state index in [0.717, 1.165) is 10.0 Å². The number of aliphatic carboxylic acids is 1. The van der Waals surface area contributed by atoms with Crippen LogP contribution in [0.5, 0.6) is 0 Å². The highest BCUT2D eigenvalue weighted by molar-refractivity contribution is 9.10. The number of nitrogens with one attached hydrogen (secondary N) is 1. The summed E-state index contributed by atoms with van der Waals surface area (Å²) in [5.74, 6) is -0.999. The first-order chi connectivity index (χ1) is 8.49. The largest absolute Gasteiger partial charge is 0.480 e. The van der Waals surface area contributed by atoms with Crippen molar-refractivity contribution in [3.05, 3.63) is 34.3 Å². The van der Waals surface area contributed by atoms with Crippen molar-refractivity contribution in [1.82, 2.24) is 10.2 Å². The smallest absolute Gasteiger partial charge is 0.326 e. The molecule has 2 rings (SSSR count). The molecule has 96 valence electrons. The van der Waals surface area contributed by atoms with Gasteiger partial charge < -0.3 is 15.3 Å². The highest BCUT2D eigenvalue weighted by atomic mass is 79.9. The van der Waals surface area contributed by atoms with Crippen LogP contribution >= 0.6 is 15.9 Å². The van der Waals surface area contributed by atoms with Crippen LogP contribution in [0.4, 0.5) is 4.79 Å². The van der Waals surface area contributed by atoms with Crippen molar-refractivity contribution in [3.63, 3.8) is 0 Å². The first kappa shape index (κ1) is 12.9. The summed E-state index contributed by atoms with van der Waals surface area (Å²) < 4.78 is 0.964. The molecule has 18 heavy (non-hydrogen) atoms. The SMILES string of the molecule is CC(C(=O)O)N1CC(c2ccc(Br)cc2)NC1=O. The minimum absolute atomic E-state index is 0.160. The van der Waals surface area contributed by atoms with Crippen LogP contribution < -0.4 is 5.32 Å². The van der Waals surface area contributed by atoms with E-state index >= 15 is 0 Å². The van der Waals surface area contributed by atoms with E-state index in [2.05, 4.69) is 21.2 Å². The topological polar surface area (TPSA) is 69.6 Å². The van der Waals surface area contributed by atoms with Crippen molar-refractivity contribution in [1.29, 1.82) is 0 Å². The van der Waals surface area contributed by atoms with E-state index in [1.165, 1.54) is 11.8 Å². The molecular weight excluding hydrogens is 300 g/mol. The summed E-state index contributed by atoms with van der Waals surface area (Å²) in [5.41, 5.74) is 0.964. The van der Waals surface area contributed by atoms with Crippen LogP contribution in [0.1, 0.15) is 18.5 Å². The van der Waals surface area contributed by atoms with Crippen LogP contribution in [0.2, 0.25) is 0 Å². The van der Waals surface area contributed by atoms with Crippen molar-refractivity contribution in [2.45, 2.75) is 19.0 Å². The average Bonchev–Trinajstić information content (AvgIpc) is 2.71. The Bertz CT molecular complexity index is 475. The molecule has 1 heterocycles. The van der Waals surface area contributed by atoms with E-state index in [0.29, 0.717) is 6.54 Å². The van der Waals surface area contributed by atoms with E-state index in [4.69, 9.17) is 5.11 Å². The van der Waals surface area contributed by atoms with Crippen molar-refractivity contribution in [2.75, 3.05) is 6.54 Å². The van der Waals surface area contributed by atoms with Gasteiger partial charge in [-0.3, -0.25) is 0 Å². The fourth-order valence-corrected chi connectivity index (χ4v) is 2.17. The summed E-state index contributed by atoms with van der Waals surface area (Å²) in [4.78, 5) is 23.9. The van der Waals surface area contributed by atoms with Gasteiger partial charge in [0.1, 0.15) is 6.04 Å². The molecule has 2 unspecified atom stereocenters. The Kier molecular flexibility index (Phi) is 3.56. The van der Waals surface area contributed by atoms with Crippen LogP contribution in [0.15, 0.2) is 28.7 Å². The standard InChI is InChI=1S/C12H13BrN2O3/c1-7(11(16)17)15-6-10(14-12(15)18)8-2-4-9(13)5-3-8/h2-5,7,10H,6H2,1H3,(H,14,18)(H,16,17). The van der Waals surface area contributed by atoms with Crippen LogP contribution in [0.25, 0.3) is 0 Å². The zero-order valence-electron chi connectivity index (χ0n) is 9.76. The molecule has 5 nitrogen and oxygen atoms in total. The fourth-order valence-electron chi connectivity index (χ4n) is 1.91. The highest BCUT2D eigenvalue weighted by Crippen LogP contribution is 2.23. The first-order valence-electron chi connectivity index (χ1n) is 5.54. The molecular formula is C12H13BrN2O3. The van der Waals surface area contributed by atoms with Crippen molar-refractivity contribution in [2.24, 2.45) is 0 Å². The second kappa shape index (κ2) is 4.97. The molecule has 1 aliphatic rings. The van der Waals surface area contributed by atoms with Gasteiger partial charge in [0, 0.05) is 11.0 Å². The monoisotopic (exact) mass is 312 g/mol. The molecule has 1 aromatic carbocycles. The van der Waals surface area contributed by atoms with Gasteiger partial charge in [-0.1, -0.05) is 28.1 Å². The molecule has 2 N–H and O–H groups in total. The van der Waals surface area contributed by atoms with E-state index in [9.17, 15) is 9.59 Å². The fraction of sp³-hybridized carbons (Fsp3) is 0.333. The van der Waals surface area contributed by atoms with Gasteiger partial charge in [-0.05, 0) is 24.6 Å². The number of carboxylic acids is 1. The summed E-state index contributed by atoms with van der Waals surface area (Å²) in [6.07, 6.45) is 0. The van der Waals surface area contributed by atoms with Gasteiger partial charge >= 0.3 is 12.0 Å². The van der Waals surface area contributed by atoms with E-state index in [1.807, 2.05) is 24.3 Å². The Morgan fingerprint density at radius 3 is 2.67 bits per heavy atom. The summed E-state index contributed by atoms with van der Waals surface area (Å²) in [6, 6.07) is 6.29. The molecule has 1 aliphatic heterocycles. The third kappa shape index (κ3) is 2.48. The van der Waals surface area contributed by atoms with Gasteiger partial charge in [0.15, 0.2) is 0 Å². The quantitative estimate of drug-likeness (QED) is 0.896. The highest BCUT2D eigenvalue weighted by Gasteiger charge is 2.35. The molecule has 1 saturated heterocycles. The number of hydrogen-bond acceptors (Lipinski definition) is 2. The zero-order chi connectivity index (χ0) is 13.3. The van der Waals surface area contributed by atoms with E-state index < -0.39 is 12.0 Å². The molecule has 0 aliphatic carbocycles. The number of amides is 2. The number of halogens is 1. The predicted octanol–water partition coefficient (Wildman–Crippen LogP) is 1.99. The summed E-state index contributed by atoms with van der Waals surface area (Å²) in [5, 5.41) is 11.7. The van der Waals surface area contributed by atoms with Crippen molar-refractivity contribution >= 4 is 27.9 Å². The molecule has 1 aromatic rings. The minimum atomic E-state index is -0.999. The lowest BCUT2D eigenvalue weighted by molar-refractivity contribution is -0.141. The molecule has 6 heteroatoms. The number of urea groups is 1. The maximum atomic E-state index is 11.7. The van der Waals surface area contributed by atoms with Gasteiger partial charge in [0.25, 0.3) is 0 Å². The Morgan fingerprint density at radius 1 is 1.50 bits per heavy atom. The van der Waals surface area contributed by atoms with Crippen molar-refractivity contribution in [3.8, 4) is 0 Å². The molecule has 2 atom stereocenters. The Morgan fingerprint density at radius 2 is 2.11 bits per heavy atom. The first-order valence-corrected chi connectivity index (χ1v) is 6.33. The maximum Gasteiger partial charge on any atom is 0.326 e. The number of nitrogens with zero attached hydrogens (tertiary/aromatic N) is 1. The third-order valence-electron chi connectivity index (χ3n) is 3.04. The lowest BCUT2D eigenvalue weighted by Gasteiger charge is -2.19. The summed E-state index contributed by atoms with van der Waals surface area (Å²) in [7, 11) is 0. The second-order valence-corrected chi connectivity index (χ2v) is 5.14. The Hall–Kier alpha value is -1.56. The van der Waals surface area contributed by atoms with E-state index in [-0.39, 0.29) is 12.1 Å². The molecule has 0 radical (unpaired) electrons. The lowest BCUT2D eigenvalue weighted by Crippen LogP contribution is -2.40. The number of carboxylic acid groups (broad SMARTS) is 1. The number of carbonyl (C=O) groups is 2. The molecule has 2 amide bonds. The zero-order valence-corrected chi connectivity index (χ0v) is 11.3. The maximum absolute atomic E-state index is 11.7. The van der Waals surface area contributed by atoms with Gasteiger partial charge in [-0.2, -0.15) is 0 Å². The normalized spacial score (nSPS) is 20.7. The van der Waals surface area contributed by atoms with Gasteiger partial charge in [-0.15, -0.1) is 0 Å². The van der Waals surface area contributed by atoms with Gasteiger partial charge in [0.2, 0.25) is 0 Å². The molecule has 1 fully saturated rings. The number of benzene rings is 1. The molecule has 0 aromatic heterocycles. The predicted molar refractivity (Wildman–Crippen MR) is 69.2 cm³/mol. The van der Waals surface area contributed by atoms with Crippen LogP contribution in [0.3, 0.4) is 0 Å². The lowest BCUT2D eigenvalue weighted by atomic mass is 10.1. The van der Waals surface area contributed by atoms with Gasteiger partial charge in [0.05, 0.1) is 6.04 Å². The number of hydrogen-bond donors (Lipinski definition) is 2. The van der Waals surface area contributed by atoms with Crippen LogP contribution in [-0.2, 0) is 4.79 Å². The van der Waals surface area contributed by atoms with Crippen LogP contribution in [-0.4, -0.2) is 34.6 Å². The average molecular weight is 313 g/mol. The van der Waals surface area contributed by atoms with Gasteiger partial charge in [-0.25, -0.2) is 9.59 Å². The second-order valence-electron chi connectivity index (χ2n) is 4.22. The Balaban J connectivity index is 2.13. The summed E-state index contributed by atoms with van der Waals surface area (Å²) in [6.45, 7) is 1.87. The molecule has 0 saturated carbocycles. The molecule has 0 spiro atoms. The third-order valence-corrected chi connectivity index (χ3v) is 3.56. The number of carbonyl (C=O) groups excluding carboxylic acids is 1.